The van der Waals surface area contributed by atoms with E-state index in [2.05, 4.69) is 0 Å². The summed E-state index contributed by atoms with van der Waals surface area (Å²) in [6.45, 7) is 2.93. The molecule has 0 amide bonds. The number of nitrogens with zero attached hydrogens (tertiary/aromatic N) is 1. The van der Waals surface area contributed by atoms with Crippen LogP contribution in [0.3, 0.4) is 0 Å². The van der Waals surface area contributed by atoms with E-state index < -0.39 is 5.92 Å². The number of hydrogen-bond donors (Lipinski definition) is 0. The maximum absolute atomic E-state index is 12.9. The van der Waals surface area contributed by atoms with Gasteiger partial charge in [-0.05, 0) is 24.6 Å². The molecule has 1 nitrogen and oxygen atoms in total. The van der Waals surface area contributed by atoms with Crippen LogP contribution in [0.5, 0.6) is 0 Å². The van der Waals surface area contributed by atoms with Gasteiger partial charge in [0.1, 0.15) is 0 Å². The number of benzene rings is 1. The summed E-state index contributed by atoms with van der Waals surface area (Å²) in [7, 11) is 0. The summed E-state index contributed by atoms with van der Waals surface area (Å²) in [5, 5.41) is 0. The van der Waals surface area contributed by atoms with E-state index in [1.807, 2.05) is 36.1 Å². The Kier molecular flexibility index (Phi) is 2.63. The van der Waals surface area contributed by atoms with Crippen LogP contribution in [0.4, 0.5) is 14.5 Å². The second kappa shape index (κ2) is 3.80. The summed E-state index contributed by atoms with van der Waals surface area (Å²) < 4.78 is 25.9. The number of hydrogen-bond acceptors (Lipinski definition) is 1. The molecule has 0 saturated carbocycles. The monoisotopic (exact) mass is 211 g/mol. The maximum Gasteiger partial charge on any atom is 0.251 e. The molecule has 15 heavy (non-hydrogen) atoms. The van der Waals surface area contributed by atoms with Gasteiger partial charge in [0.25, 0.3) is 5.92 Å². The van der Waals surface area contributed by atoms with Crippen molar-refractivity contribution in [2.75, 3.05) is 18.0 Å². The Bertz CT molecular complexity index is 339. The molecule has 0 unspecified atom stereocenters. The molecule has 0 radical (unpaired) electrons. The maximum atomic E-state index is 12.9. The summed E-state index contributed by atoms with van der Waals surface area (Å²) in [5.74, 6) is -2.46. The van der Waals surface area contributed by atoms with Gasteiger partial charge in [-0.2, -0.15) is 0 Å². The van der Waals surface area contributed by atoms with Crippen LogP contribution in [-0.4, -0.2) is 19.0 Å². The Hall–Kier alpha value is -1.12. The smallest absolute Gasteiger partial charge is 0.251 e. The predicted molar refractivity (Wildman–Crippen MR) is 57.6 cm³/mol. The van der Waals surface area contributed by atoms with Crippen LogP contribution in [0.2, 0.25) is 0 Å². The van der Waals surface area contributed by atoms with E-state index in [0.29, 0.717) is 13.1 Å². The average molecular weight is 211 g/mol. The van der Waals surface area contributed by atoms with Gasteiger partial charge in [-0.3, -0.25) is 0 Å². The lowest BCUT2D eigenvalue weighted by atomic mass is 10.1. The summed E-state index contributed by atoms with van der Waals surface area (Å²) >= 11 is 0. The molecule has 1 aliphatic heterocycles. The summed E-state index contributed by atoms with van der Waals surface area (Å²) in [6.07, 6.45) is -0.0537. The first-order chi connectivity index (χ1) is 7.07. The number of alkyl halides is 2. The minimum Gasteiger partial charge on any atom is -0.371 e. The van der Waals surface area contributed by atoms with Crippen LogP contribution in [0, 0.1) is 6.92 Å². The second-order valence-corrected chi connectivity index (χ2v) is 4.18. The fourth-order valence-electron chi connectivity index (χ4n) is 1.92. The van der Waals surface area contributed by atoms with Crippen molar-refractivity contribution in [2.24, 2.45) is 0 Å². The second-order valence-electron chi connectivity index (χ2n) is 4.18. The first-order valence-corrected chi connectivity index (χ1v) is 5.26. The van der Waals surface area contributed by atoms with Crippen molar-refractivity contribution < 1.29 is 8.78 Å². The van der Waals surface area contributed by atoms with Crippen molar-refractivity contribution in [3.8, 4) is 0 Å². The first kappa shape index (κ1) is 10.4. The van der Waals surface area contributed by atoms with Crippen molar-refractivity contribution in [3.63, 3.8) is 0 Å². The van der Waals surface area contributed by atoms with Gasteiger partial charge in [-0.25, -0.2) is 8.78 Å². The van der Waals surface area contributed by atoms with Gasteiger partial charge in [0.05, 0.1) is 0 Å². The lowest BCUT2D eigenvalue weighted by molar-refractivity contribution is -0.0220. The average Bonchev–Trinajstić information content (AvgIpc) is 2.17. The molecule has 3 heteroatoms. The molecule has 0 bridgehead atoms. The molecule has 0 aliphatic carbocycles. The molecule has 1 saturated heterocycles. The van der Waals surface area contributed by atoms with Crippen LogP contribution in [0.1, 0.15) is 18.4 Å². The Morgan fingerprint density at radius 1 is 1.20 bits per heavy atom. The number of piperidine rings is 1. The van der Waals surface area contributed by atoms with E-state index in [-0.39, 0.29) is 12.8 Å². The Balaban J connectivity index is 2.08. The number of rotatable bonds is 1. The third-order valence-corrected chi connectivity index (χ3v) is 2.86. The molecular formula is C12H15F2N. The van der Waals surface area contributed by atoms with Crippen LogP contribution < -0.4 is 4.90 Å². The molecular weight excluding hydrogens is 196 g/mol. The molecule has 0 N–H and O–H groups in total. The number of halogens is 2. The SMILES string of the molecule is Cc1cccc(N2CCC(F)(F)CC2)c1. The zero-order valence-electron chi connectivity index (χ0n) is 8.84. The van der Waals surface area contributed by atoms with Gasteiger partial charge in [-0.1, -0.05) is 12.1 Å². The molecule has 0 aromatic heterocycles. The van der Waals surface area contributed by atoms with E-state index in [0.717, 1.165) is 5.69 Å². The molecule has 1 fully saturated rings. The number of anilines is 1. The minimum absolute atomic E-state index is 0.0268. The Morgan fingerprint density at radius 3 is 2.47 bits per heavy atom. The third-order valence-electron chi connectivity index (χ3n) is 2.86. The Labute approximate surface area is 88.7 Å². The van der Waals surface area contributed by atoms with Gasteiger partial charge in [0.2, 0.25) is 0 Å². The largest absolute Gasteiger partial charge is 0.371 e. The standard InChI is InChI=1S/C12H15F2N/c1-10-3-2-4-11(9-10)15-7-5-12(13,14)6-8-15/h2-4,9H,5-8H2,1H3. The lowest BCUT2D eigenvalue weighted by Gasteiger charge is -2.33. The molecule has 0 atom stereocenters. The van der Waals surface area contributed by atoms with Gasteiger partial charge < -0.3 is 4.90 Å². The highest BCUT2D eigenvalue weighted by Gasteiger charge is 2.33. The van der Waals surface area contributed by atoms with E-state index in [1.54, 1.807) is 0 Å². The van der Waals surface area contributed by atoms with E-state index in [9.17, 15) is 8.78 Å². The van der Waals surface area contributed by atoms with Crippen LogP contribution in [0.15, 0.2) is 24.3 Å². The van der Waals surface area contributed by atoms with Crippen molar-refractivity contribution in [3.05, 3.63) is 29.8 Å². The number of aryl methyl sites for hydroxylation is 1. The van der Waals surface area contributed by atoms with Crippen molar-refractivity contribution in [1.29, 1.82) is 0 Å². The predicted octanol–water partition coefficient (Wildman–Crippen LogP) is 3.23. The fraction of sp³-hybridized carbons (Fsp3) is 0.500. The lowest BCUT2D eigenvalue weighted by Crippen LogP contribution is -2.39. The van der Waals surface area contributed by atoms with E-state index in [1.165, 1.54) is 5.56 Å². The van der Waals surface area contributed by atoms with E-state index >= 15 is 0 Å². The normalized spacial score (nSPS) is 20.3. The van der Waals surface area contributed by atoms with E-state index in [4.69, 9.17) is 0 Å². The molecule has 0 spiro atoms. The first-order valence-electron chi connectivity index (χ1n) is 5.26. The highest BCUT2D eigenvalue weighted by Crippen LogP contribution is 2.30. The molecule has 1 aromatic rings. The van der Waals surface area contributed by atoms with Crippen LogP contribution in [0.25, 0.3) is 0 Å². The van der Waals surface area contributed by atoms with Gasteiger partial charge in [-0.15, -0.1) is 0 Å². The van der Waals surface area contributed by atoms with Gasteiger partial charge >= 0.3 is 0 Å². The summed E-state index contributed by atoms with van der Waals surface area (Å²) in [6, 6.07) is 8.01. The van der Waals surface area contributed by atoms with Crippen molar-refractivity contribution >= 4 is 5.69 Å². The topological polar surface area (TPSA) is 3.24 Å². The third kappa shape index (κ3) is 2.46. The fourth-order valence-corrected chi connectivity index (χ4v) is 1.92. The summed E-state index contributed by atoms with van der Waals surface area (Å²) in [5.41, 5.74) is 2.23. The van der Waals surface area contributed by atoms with Gasteiger partial charge in [0.15, 0.2) is 0 Å². The van der Waals surface area contributed by atoms with Crippen molar-refractivity contribution in [1.82, 2.24) is 0 Å². The van der Waals surface area contributed by atoms with Gasteiger partial charge in [0, 0.05) is 31.6 Å². The molecule has 1 aliphatic rings. The molecule has 1 aromatic carbocycles. The molecule has 82 valence electrons. The van der Waals surface area contributed by atoms with Crippen LogP contribution >= 0.6 is 0 Å². The molecule has 2 rings (SSSR count). The molecule has 1 heterocycles. The highest BCUT2D eigenvalue weighted by atomic mass is 19.3. The Morgan fingerprint density at radius 2 is 1.87 bits per heavy atom. The zero-order chi connectivity index (χ0) is 10.9. The zero-order valence-corrected chi connectivity index (χ0v) is 8.84. The minimum atomic E-state index is -2.46. The summed E-state index contributed by atoms with van der Waals surface area (Å²) in [4.78, 5) is 2.03. The quantitative estimate of drug-likeness (QED) is 0.689. The highest BCUT2D eigenvalue weighted by molar-refractivity contribution is 5.48. The van der Waals surface area contributed by atoms with Crippen LogP contribution in [-0.2, 0) is 0 Å². The van der Waals surface area contributed by atoms with Crippen molar-refractivity contribution in [2.45, 2.75) is 25.7 Å².